The normalized spacial score (nSPS) is 13.6. The number of aliphatic hydroxyl groups is 2. The van der Waals surface area contributed by atoms with Crippen molar-refractivity contribution < 1.29 is 24.7 Å². The number of rotatable bonds is 6. The molecule has 0 aromatic heterocycles. The first-order chi connectivity index (χ1) is 9.83. The molecule has 8 heteroatoms. The fourth-order valence-electron chi connectivity index (χ4n) is 1.98. The largest absolute Gasteiger partial charge is 0.465 e. The van der Waals surface area contributed by atoms with Gasteiger partial charge in [-0.2, -0.15) is 0 Å². The minimum Gasteiger partial charge on any atom is -0.465 e. The molecule has 2 atom stereocenters. The standard InChI is InChI=1S/C13H18N2O6/c1-7-9(12(17)11(16)6-14-2)4-8(15(19)20)5-10(7)13(18)21-3/h4-5,11-12,14,16-17H,6H2,1-3H3. The number of ether oxygens (including phenoxy) is 1. The van der Waals surface area contributed by atoms with E-state index in [4.69, 9.17) is 0 Å². The third kappa shape index (κ3) is 3.75. The lowest BCUT2D eigenvalue weighted by Crippen LogP contribution is -2.30. The van der Waals surface area contributed by atoms with Crippen molar-refractivity contribution in [1.29, 1.82) is 0 Å². The molecule has 21 heavy (non-hydrogen) atoms. The van der Waals surface area contributed by atoms with Crippen molar-refractivity contribution in [2.45, 2.75) is 19.1 Å². The Bertz CT molecular complexity index is 546. The summed E-state index contributed by atoms with van der Waals surface area (Å²) in [6.07, 6.45) is -2.53. The van der Waals surface area contributed by atoms with Gasteiger partial charge in [0.1, 0.15) is 6.10 Å². The van der Waals surface area contributed by atoms with Gasteiger partial charge in [-0.15, -0.1) is 0 Å². The molecule has 0 amide bonds. The van der Waals surface area contributed by atoms with E-state index in [1.165, 1.54) is 6.92 Å². The first-order valence-corrected chi connectivity index (χ1v) is 6.21. The molecule has 0 aliphatic rings. The zero-order valence-corrected chi connectivity index (χ0v) is 12.0. The number of methoxy groups -OCH3 is 1. The number of carbonyl (C=O) groups is 1. The van der Waals surface area contributed by atoms with Gasteiger partial charge in [0.15, 0.2) is 0 Å². The number of nitrogens with one attached hydrogen (secondary N) is 1. The van der Waals surface area contributed by atoms with E-state index in [0.29, 0.717) is 5.56 Å². The molecule has 0 aliphatic carbocycles. The molecule has 0 saturated carbocycles. The molecular weight excluding hydrogens is 280 g/mol. The van der Waals surface area contributed by atoms with Crippen LogP contribution in [0.2, 0.25) is 0 Å². The van der Waals surface area contributed by atoms with E-state index in [2.05, 4.69) is 10.1 Å². The predicted molar refractivity (Wildman–Crippen MR) is 74.1 cm³/mol. The molecule has 0 radical (unpaired) electrons. The van der Waals surface area contributed by atoms with Gasteiger partial charge < -0.3 is 20.3 Å². The molecule has 2 unspecified atom stereocenters. The van der Waals surface area contributed by atoms with E-state index >= 15 is 0 Å². The van der Waals surface area contributed by atoms with Gasteiger partial charge in [-0.25, -0.2) is 4.79 Å². The highest BCUT2D eigenvalue weighted by Crippen LogP contribution is 2.29. The van der Waals surface area contributed by atoms with Crippen LogP contribution in [0.15, 0.2) is 12.1 Å². The van der Waals surface area contributed by atoms with Crippen molar-refractivity contribution in [3.63, 3.8) is 0 Å². The highest BCUT2D eigenvalue weighted by atomic mass is 16.6. The number of nitro groups is 1. The number of aliphatic hydroxyl groups excluding tert-OH is 2. The lowest BCUT2D eigenvalue weighted by molar-refractivity contribution is -0.385. The zero-order chi connectivity index (χ0) is 16.2. The van der Waals surface area contributed by atoms with Gasteiger partial charge in [0.05, 0.1) is 23.7 Å². The number of nitro benzene ring substituents is 1. The Morgan fingerprint density at radius 3 is 2.57 bits per heavy atom. The monoisotopic (exact) mass is 298 g/mol. The fraction of sp³-hybridized carbons (Fsp3) is 0.462. The molecule has 0 fully saturated rings. The van der Waals surface area contributed by atoms with Gasteiger partial charge in [-0.3, -0.25) is 10.1 Å². The molecule has 3 N–H and O–H groups in total. The number of nitrogens with zero attached hydrogens (tertiary/aromatic N) is 1. The number of esters is 1. The maximum Gasteiger partial charge on any atom is 0.338 e. The van der Waals surface area contributed by atoms with Crippen molar-refractivity contribution in [2.75, 3.05) is 20.7 Å². The summed E-state index contributed by atoms with van der Waals surface area (Å²) in [6.45, 7) is 1.62. The van der Waals surface area contributed by atoms with Crippen molar-refractivity contribution in [3.8, 4) is 0 Å². The summed E-state index contributed by atoms with van der Waals surface area (Å²) in [5.41, 5.74) is 0.0755. The van der Waals surface area contributed by atoms with Crippen molar-refractivity contribution in [3.05, 3.63) is 38.9 Å². The van der Waals surface area contributed by atoms with Gasteiger partial charge in [0, 0.05) is 18.7 Å². The quantitative estimate of drug-likeness (QED) is 0.392. The Balaban J connectivity index is 3.39. The van der Waals surface area contributed by atoms with E-state index < -0.39 is 23.1 Å². The molecule has 0 heterocycles. The topological polar surface area (TPSA) is 122 Å². The van der Waals surface area contributed by atoms with Gasteiger partial charge >= 0.3 is 5.97 Å². The van der Waals surface area contributed by atoms with Crippen LogP contribution < -0.4 is 5.32 Å². The van der Waals surface area contributed by atoms with Crippen LogP contribution in [0.1, 0.15) is 27.6 Å². The van der Waals surface area contributed by atoms with Crippen LogP contribution in [-0.2, 0) is 4.74 Å². The Hall–Kier alpha value is -2.03. The number of benzene rings is 1. The number of non-ortho nitro benzene ring substituents is 1. The second kappa shape index (κ2) is 7.11. The predicted octanol–water partition coefficient (Wildman–Crippen LogP) is 0.304. The van der Waals surface area contributed by atoms with Gasteiger partial charge in [-0.1, -0.05) is 0 Å². The lowest BCUT2D eigenvalue weighted by Gasteiger charge is -2.20. The Morgan fingerprint density at radius 2 is 2.10 bits per heavy atom. The first kappa shape index (κ1) is 17.0. The molecule has 1 rings (SSSR count). The van der Waals surface area contributed by atoms with Crippen LogP contribution in [-0.4, -0.2) is 47.9 Å². The van der Waals surface area contributed by atoms with E-state index in [0.717, 1.165) is 19.2 Å². The molecule has 1 aromatic carbocycles. The summed E-state index contributed by atoms with van der Waals surface area (Å²) in [6, 6.07) is 2.23. The summed E-state index contributed by atoms with van der Waals surface area (Å²) in [7, 11) is 2.75. The van der Waals surface area contributed by atoms with Crippen LogP contribution in [0.4, 0.5) is 5.69 Å². The highest BCUT2D eigenvalue weighted by molar-refractivity contribution is 5.92. The average Bonchev–Trinajstić information content (AvgIpc) is 2.45. The third-order valence-corrected chi connectivity index (χ3v) is 3.15. The molecule has 8 nitrogen and oxygen atoms in total. The van der Waals surface area contributed by atoms with Crippen LogP contribution >= 0.6 is 0 Å². The van der Waals surface area contributed by atoms with Crippen molar-refractivity contribution >= 4 is 11.7 Å². The maximum absolute atomic E-state index is 11.7. The Kier molecular flexibility index (Phi) is 5.77. The Morgan fingerprint density at radius 1 is 1.48 bits per heavy atom. The highest BCUT2D eigenvalue weighted by Gasteiger charge is 2.26. The number of carbonyl (C=O) groups excluding carboxylic acids is 1. The van der Waals surface area contributed by atoms with Crippen molar-refractivity contribution in [2.24, 2.45) is 0 Å². The van der Waals surface area contributed by atoms with Crippen LogP contribution in [0.25, 0.3) is 0 Å². The fourth-order valence-corrected chi connectivity index (χ4v) is 1.98. The van der Waals surface area contributed by atoms with Gasteiger partial charge in [0.25, 0.3) is 5.69 Å². The Labute approximate surface area is 121 Å². The minimum atomic E-state index is -1.36. The summed E-state index contributed by atoms with van der Waals surface area (Å²) in [4.78, 5) is 21.9. The maximum atomic E-state index is 11.7. The summed E-state index contributed by atoms with van der Waals surface area (Å²) in [5, 5.41) is 33.6. The minimum absolute atomic E-state index is 0.0163. The van der Waals surface area contributed by atoms with Crippen molar-refractivity contribution in [1.82, 2.24) is 5.32 Å². The molecular formula is C13H18N2O6. The summed E-state index contributed by atoms with van der Waals surface area (Å²) < 4.78 is 4.58. The lowest BCUT2D eigenvalue weighted by atomic mass is 9.94. The van der Waals surface area contributed by atoms with Gasteiger partial charge in [0.2, 0.25) is 0 Å². The van der Waals surface area contributed by atoms with Crippen LogP contribution in [0.3, 0.4) is 0 Å². The zero-order valence-electron chi connectivity index (χ0n) is 12.0. The van der Waals surface area contributed by atoms with Crippen LogP contribution in [0, 0.1) is 17.0 Å². The first-order valence-electron chi connectivity index (χ1n) is 6.21. The molecule has 0 saturated heterocycles. The molecule has 116 valence electrons. The third-order valence-electron chi connectivity index (χ3n) is 3.15. The smallest absolute Gasteiger partial charge is 0.338 e. The number of hydrogen-bond acceptors (Lipinski definition) is 7. The molecule has 1 aromatic rings. The van der Waals surface area contributed by atoms with E-state index in [1.807, 2.05) is 0 Å². The average molecular weight is 298 g/mol. The second-order valence-corrected chi connectivity index (χ2v) is 4.53. The van der Waals surface area contributed by atoms with Crippen LogP contribution in [0.5, 0.6) is 0 Å². The van der Waals surface area contributed by atoms with E-state index in [9.17, 15) is 25.1 Å². The van der Waals surface area contributed by atoms with E-state index in [1.54, 1.807) is 7.05 Å². The number of hydrogen-bond donors (Lipinski definition) is 3. The number of likely N-dealkylation sites (N-methyl/N-ethyl adjacent to an activating group) is 1. The molecule has 0 bridgehead atoms. The summed E-state index contributed by atoms with van der Waals surface area (Å²) >= 11 is 0. The van der Waals surface area contributed by atoms with E-state index in [-0.39, 0.29) is 23.4 Å². The molecule has 0 spiro atoms. The SMILES string of the molecule is CNCC(O)C(O)c1cc([N+](=O)[O-])cc(C(=O)OC)c1C. The molecule has 0 aliphatic heterocycles. The summed E-state index contributed by atoms with van der Waals surface area (Å²) in [5.74, 6) is -0.743. The second-order valence-electron chi connectivity index (χ2n) is 4.53. The van der Waals surface area contributed by atoms with Gasteiger partial charge in [-0.05, 0) is 25.1 Å².